The van der Waals surface area contributed by atoms with E-state index in [1.54, 1.807) is 7.11 Å². The van der Waals surface area contributed by atoms with Gasteiger partial charge in [-0.1, -0.05) is 26.8 Å². The van der Waals surface area contributed by atoms with E-state index in [1.807, 2.05) is 24.4 Å². The van der Waals surface area contributed by atoms with Crippen molar-refractivity contribution in [2.45, 2.75) is 33.3 Å². The average molecular weight is 193 g/mol. The van der Waals surface area contributed by atoms with Crippen LogP contribution in [0.5, 0.6) is 0 Å². The van der Waals surface area contributed by atoms with Gasteiger partial charge in [-0.2, -0.15) is 0 Å². The zero-order chi connectivity index (χ0) is 10.6. The fraction of sp³-hybridized carbons (Fsp3) is 0.583. The highest BCUT2D eigenvalue weighted by Crippen LogP contribution is 2.24. The van der Waals surface area contributed by atoms with Gasteiger partial charge in [0.15, 0.2) is 0 Å². The molecule has 1 aromatic heterocycles. The number of ether oxygens (including phenoxy) is 1. The van der Waals surface area contributed by atoms with Crippen molar-refractivity contribution in [1.82, 2.24) is 4.98 Å². The van der Waals surface area contributed by atoms with Crippen LogP contribution in [0.4, 0.5) is 0 Å². The smallest absolute Gasteiger partial charge is 0.0674 e. The standard InChI is InChI=1S/C12H19NO/c1-12(2,3)11(14-4)9-10-7-5-6-8-13-10/h5-8,11H,9H2,1-4H3. The summed E-state index contributed by atoms with van der Waals surface area (Å²) in [5, 5.41) is 0. The van der Waals surface area contributed by atoms with E-state index < -0.39 is 0 Å². The Kier molecular flexibility index (Phi) is 3.64. The predicted octanol–water partition coefficient (Wildman–Crippen LogP) is 2.69. The van der Waals surface area contributed by atoms with Crippen LogP contribution in [0.15, 0.2) is 24.4 Å². The highest BCUT2D eigenvalue weighted by Gasteiger charge is 2.24. The Morgan fingerprint density at radius 2 is 2.07 bits per heavy atom. The van der Waals surface area contributed by atoms with Crippen molar-refractivity contribution in [3.63, 3.8) is 0 Å². The lowest BCUT2D eigenvalue weighted by atomic mass is 9.86. The van der Waals surface area contributed by atoms with Gasteiger partial charge in [-0.05, 0) is 17.5 Å². The van der Waals surface area contributed by atoms with Crippen molar-refractivity contribution in [3.05, 3.63) is 30.1 Å². The van der Waals surface area contributed by atoms with Crippen LogP contribution in [-0.4, -0.2) is 18.2 Å². The number of hydrogen-bond donors (Lipinski definition) is 0. The molecule has 0 aliphatic carbocycles. The third kappa shape index (κ3) is 3.11. The molecule has 14 heavy (non-hydrogen) atoms. The molecule has 2 heteroatoms. The van der Waals surface area contributed by atoms with E-state index in [-0.39, 0.29) is 11.5 Å². The van der Waals surface area contributed by atoms with Gasteiger partial charge in [0.25, 0.3) is 0 Å². The zero-order valence-electron chi connectivity index (χ0n) is 9.45. The third-order valence-corrected chi connectivity index (χ3v) is 2.37. The Balaban J connectivity index is 2.67. The summed E-state index contributed by atoms with van der Waals surface area (Å²) in [4.78, 5) is 4.30. The summed E-state index contributed by atoms with van der Waals surface area (Å²) < 4.78 is 5.48. The van der Waals surface area contributed by atoms with Gasteiger partial charge in [-0.3, -0.25) is 4.98 Å². The monoisotopic (exact) mass is 193 g/mol. The molecule has 0 N–H and O–H groups in total. The number of hydrogen-bond acceptors (Lipinski definition) is 2. The van der Waals surface area contributed by atoms with Crippen LogP contribution in [0, 0.1) is 5.41 Å². The van der Waals surface area contributed by atoms with E-state index in [1.165, 1.54) is 0 Å². The molecule has 0 aromatic carbocycles. The lowest BCUT2D eigenvalue weighted by Crippen LogP contribution is -2.30. The van der Waals surface area contributed by atoms with E-state index in [0.29, 0.717) is 0 Å². The highest BCUT2D eigenvalue weighted by atomic mass is 16.5. The fourth-order valence-corrected chi connectivity index (χ4v) is 1.45. The predicted molar refractivity (Wildman–Crippen MR) is 58.2 cm³/mol. The van der Waals surface area contributed by atoms with Gasteiger partial charge < -0.3 is 4.74 Å². The Morgan fingerprint density at radius 1 is 1.36 bits per heavy atom. The second-order valence-electron chi connectivity index (χ2n) is 4.62. The van der Waals surface area contributed by atoms with Crippen LogP contribution >= 0.6 is 0 Å². The summed E-state index contributed by atoms with van der Waals surface area (Å²) in [6, 6.07) is 5.98. The maximum atomic E-state index is 5.48. The lowest BCUT2D eigenvalue weighted by molar-refractivity contribution is 0.0166. The maximum absolute atomic E-state index is 5.48. The second kappa shape index (κ2) is 4.56. The van der Waals surface area contributed by atoms with Crippen LogP contribution in [0.2, 0.25) is 0 Å². The van der Waals surface area contributed by atoms with E-state index >= 15 is 0 Å². The highest BCUT2D eigenvalue weighted by molar-refractivity contribution is 5.05. The largest absolute Gasteiger partial charge is 0.381 e. The molecule has 1 heterocycles. The molecular weight excluding hydrogens is 174 g/mol. The molecule has 0 aliphatic heterocycles. The molecule has 0 saturated carbocycles. The number of nitrogens with zero attached hydrogens (tertiary/aromatic N) is 1. The zero-order valence-corrected chi connectivity index (χ0v) is 9.45. The van der Waals surface area contributed by atoms with E-state index in [2.05, 4.69) is 25.8 Å². The van der Waals surface area contributed by atoms with Gasteiger partial charge in [0.1, 0.15) is 0 Å². The minimum absolute atomic E-state index is 0.159. The Bertz CT molecular complexity index is 263. The Labute approximate surface area is 86.3 Å². The molecule has 1 rings (SSSR count). The van der Waals surface area contributed by atoms with Gasteiger partial charge in [-0.15, -0.1) is 0 Å². The molecule has 1 aromatic rings. The molecule has 2 nitrogen and oxygen atoms in total. The second-order valence-corrected chi connectivity index (χ2v) is 4.62. The molecule has 0 amide bonds. The van der Waals surface area contributed by atoms with Crippen LogP contribution in [0.1, 0.15) is 26.5 Å². The molecule has 78 valence electrons. The Morgan fingerprint density at radius 3 is 2.50 bits per heavy atom. The van der Waals surface area contributed by atoms with Crippen LogP contribution in [-0.2, 0) is 11.2 Å². The number of aromatic nitrogens is 1. The minimum Gasteiger partial charge on any atom is -0.381 e. The molecule has 0 saturated heterocycles. The molecule has 0 aliphatic rings. The molecule has 0 radical (unpaired) electrons. The summed E-state index contributed by atoms with van der Waals surface area (Å²) in [7, 11) is 1.76. The lowest BCUT2D eigenvalue weighted by Gasteiger charge is -2.29. The van der Waals surface area contributed by atoms with E-state index in [4.69, 9.17) is 4.74 Å². The van der Waals surface area contributed by atoms with E-state index in [0.717, 1.165) is 12.1 Å². The molecule has 0 bridgehead atoms. The van der Waals surface area contributed by atoms with Gasteiger partial charge in [0.2, 0.25) is 0 Å². The first-order valence-corrected chi connectivity index (χ1v) is 4.96. The molecular formula is C12H19NO. The third-order valence-electron chi connectivity index (χ3n) is 2.37. The first-order valence-electron chi connectivity index (χ1n) is 4.96. The summed E-state index contributed by atoms with van der Waals surface area (Å²) in [6.45, 7) is 6.55. The first-order chi connectivity index (χ1) is 6.54. The summed E-state index contributed by atoms with van der Waals surface area (Å²) in [6.07, 6.45) is 2.92. The molecule has 0 spiro atoms. The normalized spacial score (nSPS) is 14.0. The van der Waals surface area contributed by atoms with Crippen molar-refractivity contribution in [1.29, 1.82) is 0 Å². The minimum atomic E-state index is 0.159. The molecule has 0 fully saturated rings. The molecule has 1 atom stereocenters. The van der Waals surface area contributed by atoms with Crippen molar-refractivity contribution < 1.29 is 4.74 Å². The van der Waals surface area contributed by atoms with Crippen LogP contribution in [0.25, 0.3) is 0 Å². The summed E-state index contributed by atoms with van der Waals surface area (Å²) >= 11 is 0. The van der Waals surface area contributed by atoms with Crippen molar-refractivity contribution >= 4 is 0 Å². The maximum Gasteiger partial charge on any atom is 0.0674 e. The fourth-order valence-electron chi connectivity index (χ4n) is 1.45. The van der Waals surface area contributed by atoms with Crippen molar-refractivity contribution in [2.24, 2.45) is 5.41 Å². The summed E-state index contributed by atoms with van der Waals surface area (Å²) in [5.41, 5.74) is 1.25. The Hall–Kier alpha value is -0.890. The quantitative estimate of drug-likeness (QED) is 0.736. The van der Waals surface area contributed by atoms with E-state index in [9.17, 15) is 0 Å². The van der Waals surface area contributed by atoms with Gasteiger partial charge in [0.05, 0.1) is 6.10 Å². The number of rotatable bonds is 3. The summed E-state index contributed by atoms with van der Waals surface area (Å²) in [5.74, 6) is 0. The van der Waals surface area contributed by atoms with Crippen molar-refractivity contribution in [3.8, 4) is 0 Å². The average Bonchev–Trinajstić information content (AvgIpc) is 2.14. The van der Waals surface area contributed by atoms with Crippen LogP contribution in [0.3, 0.4) is 0 Å². The topological polar surface area (TPSA) is 22.1 Å². The van der Waals surface area contributed by atoms with Crippen molar-refractivity contribution in [2.75, 3.05) is 7.11 Å². The van der Waals surface area contributed by atoms with Gasteiger partial charge >= 0.3 is 0 Å². The molecule has 1 unspecified atom stereocenters. The SMILES string of the molecule is COC(Cc1ccccn1)C(C)(C)C. The van der Waals surface area contributed by atoms with Crippen LogP contribution < -0.4 is 0 Å². The first kappa shape index (κ1) is 11.2. The number of methoxy groups -OCH3 is 1. The van der Waals surface area contributed by atoms with Gasteiger partial charge in [-0.25, -0.2) is 0 Å². The number of pyridine rings is 1. The van der Waals surface area contributed by atoms with Gasteiger partial charge in [0, 0.05) is 25.4 Å².